The monoisotopic (exact) mass is 429 g/mol. The van der Waals surface area contributed by atoms with Crippen molar-refractivity contribution in [2.24, 2.45) is 5.10 Å². The normalized spacial score (nSPS) is 14.7. The second-order valence-electron chi connectivity index (χ2n) is 7.31. The fourth-order valence-electron chi connectivity index (χ4n) is 3.24. The molecular weight excluding hydrogens is 402 g/mol. The number of hydrogen-bond acceptors (Lipinski definition) is 5. The molecule has 3 rings (SSSR count). The van der Waals surface area contributed by atoms with Crippen LogP contribution in [-0.4, -0.2) is 38.4 Å². The Morgan fingerprint density at radius 3 is 2.60 bits per heavy atom. The minimum absolute atomic E-state index is 0.0204. The molecule has 1 fully saturated rings. The topological polar surface area (TPSA) is 63.2 Å². The Hall–Kier alpha value is -2.73. The molecule has 0 saturated carbocycles. The number of hydrazone groups is 1. The molecule has 1 N–H and O–H groups in total. The second-order valence-corrected chi connectivity index (χ2v) is 7.72. The Bertz CT molecular complexity index is 893. The maximum Gasteiger partial charge on any atom is 0.271 e. The van der Waals surface area contributed by atoms with E-state index < -0.39 is 0 Å². The molecule has 30 heavy (non-hydrogen) atoms. The van der Waals surface area contributed by atoms with E-state index in [2.05, 4.69) is 15.4 Å². The highest BCUT2D eigenvalue weighted by Gasteiger charge is 2.15. The van der Waals surface area contributed by atoms with Gasteiger partial charge in [-0.15, -0.1) is 0 Å². The van der Waals surface area contributed by atoms with Crippen LogP contribution in [0.15, 0.2) is 41.5 Å². The standard InChI is InChI=1S/C23H28ClN3O3/c1-4-16(2)30-22-20(24)13-17(14-21(22)29-3)15-25-26-23(28)18-7-9-19(10-8-18)27-11-5-6-12-27/h7-10,13-16H,4-6,11-12H2,1-3H3,(H,26,28)/b25-15-/t16-/m0/s1. The van der Waals surface area contributed by atoms with E-state index in [1.54, 1.807) is 19.2 Å². The Morgan fingerprint density at radius 2 is 1.97 bits per heavy atom. The van der Waals surface area contributed by atoms with Crippen LogP contribution in [0.4, 0.5) is 5.69 Å². The minimum atomic E-state index is -0.269. The molecule has 6 nitrogen and oxygen atoms in total. The van der Waals surface area contributed by atoms with Gasteiger partial charge in [0.1, 0.15) is 0 Å². The van der Waals surface area contributed by atoms with E-state index in [1.807, 2.05) is 38.1 Å². The van der Waals surface area contributed by atoms with Crippen molar-refractivity contribution in [3.05, 3.63) is 52.5 Å². The SMILES string of the molecule is CC[C@H](C)Oc1c(Cl)cc(/C=N\NC(=O)c2ccc(N3CCCC3)cc2)cc1OC. The van der Waals surface area contributed by atoms with Crippen LogP contribution in [0.25, 0.3) is 0 Å². The van der Waals surface area contributed by atoms with Crippen LogP contribution in [0.3, 0.4) is 0 Å². The van der Waals surface area contributed by atoms with Crippen molar-refractivity contribution in [1.82, 2.24) is 5.43 Å². The molecule has 1 aliphatic heterocycles. The maximum absolute atomic E-state index is 12.4. The summed E-state index contributed by atoms with van der Waals surface area (Å²) >= 11 is 6.36. The van der Waals surface area contributed by atoms with E-state index >= 15 is 0 Å². The quantitative estimate of drug-likeness (QED) is 0.479. The van der Waals surface area contributed by atoms with Crippen LogP contribution in [-0.2, 0) is 0 Å². The molecule has 1 amide bonds. The molecule has 2 aromatic carbocycles. The van der Waals surface area contributed by atoms with Gasteiger partial charge in [-0.25, -0.2) is 5.43 Å². The highest BCUT2D eigenvalue weighted by atomic mass is 35.5. The van der Waals surface area contributed by atoms with E-state index in [4.69, 9.17) is 21.1 Å². The number of amides is 1. The molecule has 1 saturated heterocycles. The third-order valence-electron chi connectivity index (χ3n) is 5.13. The summed E-state index contributed by atoms with van der Waals surface area (Å²) in [6, 6.07) is 11.1. The van der Waals surface area contributed by atoms with E-state index in [1.165, 1.54) is 19.1 Å². The average Bonchev–Trinajstić information content (AvgIpc) is 3.30. The van der Waals surface area contributed by atoms with Gasteiger partial charge in [0.05, 0.1) is 24.5 Å². The third-order valence-corrected chi connectivity index (χ3v) is 5.41. The Labute approximate surface area is 182 Å². The molecule has 2 aromatic rings. The minimum Gasteiger partial charge on any atom is -0.493 e. The molecule has 0 bridgehead atoms. The fraction of sp³-hybridized carbons (Fsp3) is 0.391. The van der Waals surface area contributed by atoms with Crippen molar-refractivity contribution in [2.45, 2.75) is 39.2 Å². The zero-order chi connectivity index (χ0) is 21.5. The Kier molecular flexibility index (Phi) is 7.57. The zero-order valence-electron chi connectivity index (χ0n) is 17.7. The average molecular weight is 430 g/mol. The van der Waals surface area contributed by atoms with Crippen LogP contribution >= 0.6 is 11.6 Å². The molecule has 160 valence electrons. The first-order valence-corrected chi connectivity index (χ1v) is 10.6. The molecule has 0 radical (unpaired) electrons. The first-order chi connectivity index (χ1) is 14.5. The molecule has 0 aromatic heterocycles. The summed E-state index contributed by atoms with van der Waals surface area (Å²) in [6.45, 7) is 6.15. The Balaban J connectivity index is 1.64. The van der Waals surface area contributed by atoms with E-state index in [-0.39, 0.29) is 12.0 Å². The van der Waals surface area contributed by atoms with Crippen molar-refractivity contribution in [3.63, 3.8) is 0 Å². The van der Waals surface area contributed by atoms with Crippen LogP contribution in [0.1, 0.15) is 49.0 Å². The lowest BCUT2D eigenvalue weighted by atomic mass is 10.2. The van der Waals surface area contributed by atoms with Crippen molar-refractivity contribution in [3.8, 4) is 11.5 Å². The van der Waals surface area contributed by atoms with Crippen LogP contribution < -0.4 is 19.8 Å². The van der Waals surface area contributed by atoms with Crippen LogP contribution in [0.2, 0.25) is 5.02 Å². The molecule has 1 heterocycles. The lowest BCUT2D eigenvalue weighted by molar-refractivity contribution is 0.0955. The van der Waals surface area contributed by atoms with Gasteiger partial charge in [-0.2, -0.15) is 5.10 Å². The molecule has 0 spiro atoms. The summed E-state index contributed by atoms with van der Waals surface area (Å²) in [5, 5.41) is 4.48. The van der Waals surface area contributed by atoms with Gasteiger partial charge >= 0.3 is 0 Å². The summed E-state index contributed by atoms with van der Waals surface area (Å²) in [6.07, 6.45) is 4.84. The summed E-state index contributed by atoms with van der Waals surface area (Å²) in [5.41, 5.74) is 4.95. The summed E-state index contributed by atoms with van der Waals surface area (Å²) in [5.74, 6) is 0.759. The van der Waals surface area contributed by atoms with Crippen LogP contribution in [0, 0.1) is 0 Å². The number of nitrogens with one attached hydrogen (secondary N) is 1. The molecular formula is C23H28ClN3O3. The smallest absolute Gasteiger partial charge is 0.271 e. The number of hydrogen-bond donors (Lipinski definition) is 1. The number of carbonyl (C=O) groups excluding carboxylic acids is 1. The molecule has 0 aliphatic carbocycles. The van der Waals surface area contributed by atoms with Crippen molar-refractivity contribution in [1.29, 1.82) is 0 Å². The van der Waals surface area contributed by atoms with E-state index in [9.17, 15) is 4.79 Å². The number of anilines is 1. The third kappa shape index (κ3) is 5.45. The molecule has 7 heteroatoms. The van der Waals surface area contributed by atoms with Crippen molar-refractivity contribution in [2.75, 3.05) is 25.1 Å². The number of nitrogens with zero attached hydrogens (tertiary/aromatic N) is 2. The van der Waals surface area contributed by atoms with Crippen molar-refractivity contribution >= 4 is 29.4 Å². The number of carbonyl (C=O) groups is 1. The van der Waals surface area contributed by atoms with Crippen molar-refractivity contribution < 1.29 is 14.3 Å². The first kappa shape index (κ1) is 22.0. The zero-order valence-corrected chi connectivity index (χ0v) is 18.4. The summed E-state index contributed by atoms with van der Waals surface area (Å²) < 4.78 is 11.2. The first-order valence-electron chi connectivity index (χ1n) is 10.2. The van der Waals surface area contributed by atoms with Gasteiger partial charge in [-0.1, -0.05) is 18.5 Å². The lowest BCUT2D eigenvalue weighted by Gasteiger charge is -2.17. The number of ether oxygens (including phenoxy) is 2. The molecule has 1 atom stereocenters. The van der Waals surface area contributed by atoms with Gasteiger partial charge < -0.3 is 14.4 Å². The largest absolute Gasteiger partial charge is 0.493 e. The maximum atomic E-state index is 12.4. The molecule has 0 unspecified atom stereocenters. The summed E-state index contributed by atoms with van der Waals surface area (Å²) in [4.78, 5) is 14.7. The lowest BCUT2D eigenvalue weighted by Crippen LogP contribution is -2.19. The van der Waals surface area contributed by atoms with Gasteiger partial charge in [0.15, 0.2) is 11.5 Å². The predicted molar refractivity (Wildman–Crippen MR) is 121 cm³/mol. The number of halogens is 1. The summed E-state index contributed by atoms with van der Waals surface area (Å²) in [7, 11) is 1.56. The van der Waals surface area contributed by atoms with E-state index in [0.717, 1.165) is 25.2 Å². The second kappa shape index (κ2) is 10.3. The predicted octanol–water partition coefficient (Wildman–Crippen LogP) is 4.89. The van der Waals surface area contributed by atoms with Gasteiger partial charge in [0.2, 0.25) is 0 Å². The number of benzene rings is 2. The number of rotatable bonds is 8. The van der Waals surface area contributed by atoms with Gasteiger partial charge in [0, 0.05) is 24.3 Å². The highest BCUT2D eigenvalue weighted by Crippen LogP contribution is 2.37. The highest BCUT2D eigenvalue weighted by molar-refractivity contribution is 6.32. The van der Waals surface area contributed by atoms with Gasteiger partial charge in [-0.3, -0.25) is 4.79 Å². The number of methoxy groups -OCH3 is 1. The van der Waals surface area contributed by atoms with E-state index in [0.29, 0.717) is 27.6 Å². The van der Waals surface area contributed by atoms with Crippen LogP contribution in [0.5, 0.6) is 11.5 Å². The molecule has 1 aliphatic rings. The fourth-order valence-corrected chi connectivity index (χ4v) is 3.51. The van der Waals surface area contributed by atoms with Gasteiger partial charge in [-0.05, 0) is 68.1 Å². The Morgan fingerprint density at radius 1 is 1.27 bits per heavy atom. The van der Waals surface area contributed by atoms with Gasteiger partial charge in [0.25, 0.3) is 5.91 Å².